The number of benzene rings is 2. The van der Waals surface area contributed by atoms with E-state index in [9.17, 15) is 9.59 Å². The van der Waals surface area contributed by atoms with Gasteiger partial charge in [0.15, 0.2) is 4.80 Å². The van der Waals surface area contributed by atoms with E-state index in [0.717, 1.165) is 28.7 Å². The van der Waals surface area contributed by atoms with E-state index >= 15 is 0 Å². The molecule has 0 aliphatic carbocycles. The number of rotatable bonds is 3. The number of aryl methyl sites for hydroxylation is 2. The topological polar surface area (TPSA) is 64.6 Å². The average molecular weight is 378 g/mol. The molecule has 2 heterocycles. The van der Waals surface area contributed by atoms with Gasteiger partial charge in [-0.15, -0.1) is 0 Å². The summed E-state index contributed by atoms with van der Waals surface area (Å²) < 4.78 is 8.55. The van der Waals surface area contributed by atoms with Crippen LogP contribution in [-0.4, -0.2) is 10.5 Å². The molecule has 2 aromatic heterocycles. The molecule has 4 rings (SSSR count). The molecule has 4 aromatic rings. The summed E-state index contributed by atoms with van der Waals surface area (Å²) in [4.78, 5) is 30.2. The van der Waals surface area contributed by atoms with Crippen molar-refractivity contribution in [3.63, 3.8) is 0 Å². The average Bonchev–Trinajstić information content (AvgIpc) is 2.98. The maximum atomic E-state index is 12.7. The predicted molar refractivity (Wildman–Crippen MR) is 107 cm³/mol. The summed E-state index contributed by atoms with van der Waals surface area (Å²) in [5.74, 6) is -0.581. The molecule has 0 bridgehead atoms. The lowest BCUT2D eigenvalue weighted by Gasteiger charge is -2.03. The first-order valence-corrected chi connectivity index (χ1v) is 9.59. The lowest BCUT2D eigenvalue weighted by Crippen LogP contribution is -2.20. The van der Waals surface area contributed by atoms with Crippen LogP contribution in [0.25, 0.3) is 21.2 Å². The van der Waals surface area contributed by atoms with E-state index in [1.54, 1.807) is 24.3 Å². The van der Waals surface area contributed by atoms with Crippen molar-refractivity contribution in [1.29, 1.82) is 0 Å². The summed E-state index contributed by atoms with van der Waals surface area (Å²) in [5.41, 5.74) is 2.25. The Hall–Kier alpha value is -2.99. The van der Waals surface area contributed by atoms with Gasteiger partial charge in [0.1, 0.15) is 17.4 Å². The van der Waals surface area contributed by atoms with Crippen LogP contribution in [0.15, 0.2) is 62.9 Å². The van der Waals surface area contributed by atoms with Crippen LogP contribution in [0.2, 0.25) is 0 Å². The zero-order chi connectivity index (χ0) is 19.0. The Labute approximate surface area is 159 Å². The van der Waals surface area contributed by atoms with Crippen LogP contribution in [0.4, 0.5) is 0 Å². The van der Waals surface area contributed by atoms with Crippen molar-refractivity contribution in [3.8, 4) is 0 Å². The van der Waals surface area contributed by atoms with Crippen molar-refractivity contribution in [1.82, 2.24) is 4.57 Å². The number of fused-ring (bicyclic) bond motifs is 2. The first-order chi connectivity index (χ1) is 13.1. The summed E-state index contributed by atoms with van der Waals surface area (Å²) in [5, 5.41) is 0.381. The number of thiazole rings is 1. The van der Waals surface area contributed by atoms with Gasteiger partial charge in [-0.05, 0) is 43.2 Å². The Morgan fingerprint density at radius 3 is 2.85 bits per heavy atom. The standard InChI is InChI=1S/C21H18N2O3S/c1-3-10-23-16-9-8-13(2)11-18(16)27-21(23)22-20(25)15-12-26-17-7-5-4-6-14(17)19(15)24/h4-9,11-12H,3,10H2,1-2H3. The molecule has 0 aliphatic heterocycles. The molecule has 1 amide bonds. The smallest absolute Gasteiger partial charge is 0.286 e. The van der Waals surface area contributed by atoms with Crippen molar-refractivity contribution in [2.75, 3.05) is 0 Å². The van der Waals surface area contributed by atoms with Crippen LogP contribution < -0.4 is 10.2 Å². The number of hydrogen-bond donors (Lipinski definition) is 0. The Kier molecular flexibility index (Phi) is 4.49. The Morgan fingerprint density at radius 2 is 2.04 bits per heavy atom. The van der Waals surface area contributed by atoms with Gasteiger partial charge in [-0.1, -0.05) is 36.5 Å². The van der Waals surface area contributed by atoms with Gasteiger partial charge in [0.2, 0.25) is 5.43 Å². The highest BCUT2D eigenvalue weighted by molar-refractivity contribution is 7.16. The largest absolute Gasteiger partial charge is 0.463 e. The quantitative estimate of drug-likeness (QED) is 0.535. The van der Waals surface area contributed by atoms with E-state index in [1.165, 1.54) is 17.6 Å². The predicted octanol–water partition coefficient (Wildman–Crippen LogP) is 4.27. The van der Waals surface area contributed by atoms with Crippen LogP contribution in [0, 0.1) is 6.92 Å². The Morgan fingerprint density at radius 1 is 1.22 bits per heavy atom. The third-order valence-corrected chi connectivity index (χ3v) is 5.43. The molecule has 27 heavy (non-hydrogen) atoms. The molecule has 136 valence electrons. The van der Waals surface area contributed by atoms with Crippen molar-refractivity contribution in [3.05, 3.63) is 74.9 Å². The number of carbonyl (C=O) groups excluding carboxylic acids is 1. The van der Waals surface area contributed by atoms with E-state index in [-0.39, 0.29) is 11.0 Å². The number of carbonyl (C=O) groups is 1. The molecule has 0 fully saturated rings. The molecule has 0 aliphatic rings. The zero-order valence-corrected chi connectivity index (χ0v) is 15.9. The van der Waals surface area contributed by atoms with Gasteiger partial charge >= 0.3 is 0 Å². The summed E-state index contributed by atoms with van der Waals surface area (Å²) in [6.07, 6.45) is 2.12. The molecular formula is C21H18N2O3S. The van der Waals surface area contributed by atoms with Crippen molar-refractivity contribution < 1.29 is 9.21 Å². The molecule has 2 aromatic carbocycles. The molecule has 0 spiro atoms. The van der Waals surface area contributed by atoms with Crippen LogP contribution in [0.5, 0.6) is 0 Å². The second-order valence-electron chi connectivity index (χ2n) is 6.40. The second-order valence-corrected chi connectivity index (χ2v) is 7.41. The fraction of sp³-hybridized carbons (Fsp3) is 0.190. The maximum Gasteiger partial charge on any atom is 0.286 e. The Balaban J connectivity index is 1.88. The number of amides is 1. The van der Waals surface area contributed by atoms with Gasteiger partial charge in [0, 0.05) is 6.54 Å². The van der Waals surface area contributed by atoms with E-state index in [4.69, 9.17) is 4.42 Å². The van der Waals surface area contributed by atoms with Crippen LogP contribution in [0.1, 0.15) is 29.3 Å². The monoisotopic (exact) mass is 378 g/mol. The van der Waals surface area contributed by atoms with Crippen molar-refractivity contribution >= 4 is 38.4 Å². The number of hydrogen-bond acceptors (Lipinski definition) is 4. The highest BCUT2D eigenvalue weighted by Gasteiger charge is 2.15. The van der Waals surface area contributed by atoms with Crippen LogP contribution in [-0.2, 0) is 6.54 Å². The fourth-order valence-electron chi connectivity index (χ4n) is 3.08. The number of para-hydroxylation sites is 1. The second kappa shape index (κ2) is 6.96. The fourth-order valence-corrected chi connectivity index (χ4v) is 4.23. The minimum absolute atomic E-state index is 0.0506. The molecule has 0 radical (unpaired) electrons. The third kappa shape index (κ3) is 3.13. The SMILES string of the molecule is CCCn1c(=NC(=O)c2coc3ccccc3c2=O)sc2cc(C)ccc21. The molecule has 0 saturated carbocycles. The molecule has 6 heteroatoms. The van der Waals surface area contributed by atoms with Gasteiger partial charge in [-0.25, -0.2) is 0 Å². The lowest BCUT2D eigenvalue weighted by molar-refractivity contribution is 0.0995. The summed E-state index contributed by atoms with van der Waals surface area (Å²) in [7, 11) is 0. The molecular weight excluding hydrogens is 360 g/mol. The number of aromatic nitrogens is 1. The minimum Gasteiger partial charge on any atom is -0.463 e. The van der Waals surface area contributed by atoms with Crippen LogP contribution >= 0.6 is 11.3 Å². The van der Waals surface area contributed by atoms with Gasteiger partial charge in [0.05, 0.1) is 15.6 Å². The minimum atomic E-state index is -0.581. The Bertz CT molecular complexity index is 1290. The number of nitrogens with zero attached hydrogens (tertiary/aromatic N) is 2. The summed E-state index contributed by atoms with van der Waals surface area (Å²) in [6.45, 7) is 4.86. The highest BCUT2D eigenvalue weighted by atomic mass is 32.1. The van der Waals surface area contributed by atoms with Gasteiger partial charge < -0.3 is 8.98 Å². The molecule has 5 nitrogen and oxygen atoms in total. The first-order valence-electron chi connectivity index (χ1n) is 8.78. The maximum absolute atomic E-state index is 12.7. The molecule has 0 unspecified atom stereocenters. The summed E-state index contributed by atoms with van der Waals surface area (Å²) >= 11 is 1.45. The van der Waals surface area contributed by atoms with Crippen molar-refractivity contribution in [2.24, 2.45) is 4.99 Å². The van der Waals surface area contributed by atoms with E-state index in [1.807, 2.05) is 23.6 Å². The first kappa shape index (κ1) is 17.4. The van der Waals surface area contributed by atoms with E-state index in [2.05, 4.69) is 18.0 Å². The van der Waals surface area contributed by atoms with Gasteiger partial charge in [0.25, 0.3) is 5.91 Å². The highest BCUT2D eigenvalue weighted by Crippen LogP contribution is 2.19. The van der Waals surface area contributed by atoms with Gasteiger partial charge in [-0.3, -0.25) is 9.59 Å². The lowest BCUT2D eigenvalue weighted by atomic mass is 10.2. The van der Waals surface area contributed by atoms with E-state index < -0.39 is 5.91 Å². The normalized spacial score (nSPS) is 12.1. The van der Waals surface area contributed by atoms with Crippen LogP contribution in [0.3, 0.4) is 0 Å². The molecule has 0 atom stereocenters. The summed E-state index contributed by atoms with van der Waals surface area (Å²) in [6, 6.07) is 13.1. The zero-order valence-electron chi connectivity index (χ0n) is 15.1. The third-order valence-electron chi connectivity index (χ3n) is 4.39. The van der Waals surface area contributed by atoms with Crippen molar-refractivity contribution in [2.45, 2.75) is 26.8 Å². The molecule has 0 saturated heterocycles. The van der Waals surface area contributed by atoms with E-state index in [0.29, 0.717) is 15.8 Å². The molecule has 0 N–H and O–H groups in total. The van der Waals surface area contributed by atoms with Gasteiger partial charge in [-0.2, -0.15) is 4.99 Å².